The first-order valence-corrected chi connectivity index (χ1v) is 9.02. The van der Waals surface area contributed by atoms with Gasteiger partial charge in [-0.25, -0.2) is 0 Å². The summed E-state index contributed by atoms with van der Waals surface area (Å²) in [4.78, 5) is 26.5. The van der Waals surface area contributed by atoms with Gasteiger partial charge in [0.05, 0.1) is 0 Å². The third kappa shape index (κ3) is 3.70. The highest BCUT2D eigenvalue weighted by molar-refractivity contribution is 5.99. The van der Waals surface area contributed by atoms with Gasteiger partial charge in [0.25, 0.3) is 5.91 Å². The number of para-hydroxylation sites is 1. The van der Waals surface area contributed by atoms with Gasteiger partial charge < -0.3 is 14.6 Å². The summed E-state index contributed by atoms with van der Waals surface area (Å²) in [5.74, 6) is 0.739. The number of hydrogen-bond donors (Lipinski definition) is 1. The van der Waals surface area contributed by atoms with Gasteiger partial charge in [0, 0.05) is 36.5 Å². The molecule has 5 heteroatoms. The normalized spacial score (nSPS) is 17.9. The molecule has 25 heavy (non-hydrogen) atoms. The van der Waals surface area contributed by atoms with Crippen LogP contribution in [-0.2, 0) is 4.79 Å². The van der Waals surface area contributed by atoms with E-state index in [2.05, 4.69) is 5.32 Å². The summed E-state index contributed by atoms with van der Waals surface area (Å²) in [6.45, 7) is 7.73. The van der Waals surface area contributed by atoms with Gasteiger partial charge in [0.15, 0.2) is 5.76 Å². The second kappa shape index (κ2) is 7.30. The van der Waals surface area contributed by atoms with Crippen LogP contribution in [0.4, 0.5) is 0 Å². The molecule has 1 fully saturated rings. The molecule has 1 atom stereocenters. The number of piperidine rings is 1. The first kappa shape index (κ1) is 17.5. The standard InChI is InChI=1S/C20H26N2O3/c1-13(2)19(23)21-11-15-7-6-10-22(12-15)20(24)18-14(3)16-8-4-5-9-17(16)25-18/h4-5,8-9,13,15H,6-7,10-12H2,1-3H3,(H,21,23)/t15-/m0/s1. The minimum Gasteiger partial charge on any atom is -0.451 e. The van der Waals surface area contributed by atoms with Gasteiger partial charge in [-0.1, -0.05) is 32.0 Å². The zero-order valence-corrected chi connectivity index (χ0v) is 15.2. The minimum absolute atomic E-state index is 0.0143. The lowest BCUT2D eigenvalue weighted by Gasteiger charge is -2.32. The van der Waals surface area contributed by atoms with Gasteiger partial charge in [-0.3, -0.25) is 9.59 Å². The Labute approximate surface area is 148 Å². The Morgan fingerprint density at radius 1 is 1.32 bits per heavy atom. The van der Waals surface area contributed by atoms with Gasteiger partial charge in [0.2, 0.25) is 5.91 Å². The molecule has 2 amide bonds. The van der Waals surface area contributed by atoms with E-state index < -0.39 is 0 Å². The van der Waals surface area contributed by atoms with Crippen LogP contribution in [0.15, 0.2) is 28.7 Å². The Hall–Kier alpha value is -2.30. The molecular weight excluding hydrogens is 316 g/mol. The van der Waals surface area contributed by atoms with Crippen LogP contribution in [0, 0.1) is 18.8 Å². The van der Waals surface area contributed by atoms with Gasteiger partial charge in [-0.15, -0.1) is 0 Å². The number of hydrogen-bond acceptors (Lipinski definition) is 3. The van der Waals surface area contributed by atoms with Crippen LogP contribution in [0.3, 0.4) is 0 Å². The second-order valence-corrected chi connectivity index (χ2v) is 7.21. The topological polar surface area (TPSA) is 62.6 Å². The van der Waals surface area contributed by atoms with E-state index >= 15 is 0 Å². The lowest BCUT2D eigenvalue weighted by molar-refractivity contribution is -0.124. The number of rotatable bonds is 4. The molecule has 134 valence electrons. The molecule has 5 nitrogen and oxygen atoms in total. The summed E-state index contributed by atoms with van der Waals surface area (Å²) in [5, 5.41) is 3.97. The zero-order chi connectivity index (χ0) is 18.0. The Bertz CT molecular complexity index is 778. The number of likely N-dealkylation sites (tertiary alicyclic amines) is 1. The molecule has 0 radical (unpaired) electrons. The summed E-state index contributed by atoms with van der Waals surface area (Å²) in [7, 11) is 0. The van der Waals surface area contributed by atoms with Crippen LogP contribution < -0.4 is 5.32 Å². The molecule has 0 spiro atoms. The fourth-order valence-electron chi connectivity index (χ4n) is 3.39. The molecule has 1 aliphatic heterocycles. The Balaban J connectivity index is 1.69. The maximum atomic E-state index is 12.9. The smallest absolute Gasteiger partial charge is 0.289 e. The molecule has 2 heterocycles. The molecule has 1 N–H and O–H groups in total. The van der Waals surface area contributed by atoms with Crippen LogP contribution in [0.25, 0.3) is 11.0 Å². The maximum Gasteiger partial charge on any atom is 0.289 e. The monoisotopic (exact) mass is 342 g/mol. The largest absolute Gasteiger partial charge is 0.451 e. The first-order valence-electron chi connectivity index (χ1n) is 9.02. The Kier molecular flexibility index (Phi) is 5.11. The van der Waals surface area contributed by atoms with E-state index in [1.165, 1.54) is 0 Å². The van der Waals surface area contributed by atoms with Crippen molar-refractivity contribution in [1.82, 2.24) is 10.2 Å². The fraction of sp³-hybridized carbons (Fsp3) is 0.500. The second-order valence-electron chi connectivity index (χ2n) is 7.21. The highest BCUT2D eigenvalue weighted by Crippen LogP contribution is 2.27. The highest BCUT2D eigenvalue weighted by Gasteiger charge is 2.28. The van der Waals surface area contributed by atoms with Gasteiger partial charge in [-0.05, 0) is 31.7 Å². The molecule has 0 saturated carbocycles. The molecule has 0 bridgehead atoms. The molecule has 2 aromatic rings. The van der Waals surface area contributed by atoms with Crippen molar-refractivity contribution >= 4 is 22.8 Å². The van der Waals surface area contributed by atoms with Crippen molar-refractivity contribution in [2.24, 2.45) is 11.8 Å². The lowest BCUT2D eigenvalue weighted by atomic mass is 9.97. The summed E-state index contributed by atoms with van der Waals surface area (Å²) in [6, 6.07) is 7.73. The minimum atomic E-state index is -0.0476. The number of nitrogens with one attached hydrogen (secondary N) is 1. The number of fused-ring (bicyclic) bond motifs is 1. The van der Waals surface area contributed by atoms with E-state index in [1.54, 1.807) is 0 Å². The Morgan fingerprint density at radius 2 is 2.08 bits per heavy atom. The van der Waals surface area contributed by atoms with Gasteiger partial charge >= 0.3 is 0 Å². The van der Waals surface area contributed by atoms with Gasteiger partial charge in [-0.2, -0.15) is 0 Å². The van der Waals surface area contributed by atoms with Crippen LogP contribution in [0.1, 0.15) is 42.8 Å². The quantitative estimate of drug-likeness (QED) is 0.927. The van der Waals surface area contributed by atoms with Crippen molar-refractivity contribution in [2.45, 2.75) is 33.6 Å². The first-order chi connectivity index (χ1) is 12.0. The van der Waals surface area contributed by atoms with Crippen molar-refractivity contribution < 1.29 is 14.0 Å². The average Bonchev–Trinajstić information content (AvgIpc) is 2.96. The highest BCUT2D eigenvalue weighted by atomic mass is 16.3. The number of nitrogens with zero attached hydrogens (tertiary/aromatic N) is 1. The van der Waals surface area contributed by atoms with E-state index in [-0.39, 0.29) is 17.7 Å². The maximum absolute atomic E-state index is 12.9. The van der Waals surface area contributed by atoms with Crippen LogP contribution in [-0.4, -0.2) is 36.3 Å². The van der Waals surface area contributed by atoms with Crippen LogP contribution >= 0.6 is 0 Å². The third-order valence-electron chi connectivity index (χ3n) is 4.93. The fourth-order valence-corrected chi connectivity index (χ4v) is 3.39. The predicted octanol–water partition coefficient (Wildman–Crippen LogP) is 3.37. The molecule has 0 unspecified atom stereocenters. The van der Waals surface area contributed by atoms with E-state index in [4.69, 9.17) is 4.42 Å². The molecule has 1 saturated heterocycles. The molecule has 1 aromatic heterocycles. The van der Waals surface area contributed by atoms with E-state index in [0.717, 1.165) is 35.9 Å². The number of carbonyl (C=O) groups is 2. The number of furan rings is 1. The van der Waals surface area contributed by atoms with Crippen molar-refractivity contribution in [1.29, 1.82) is 0 Å². The summed E-state index contributed by atoms with van der Waals surface area (Å²) in [5.41, 5.74) is 1.65. The van der Waals surface area contributed by atoms with Gasteiger partial charge in [0.1, 0.15) is 5.58 Å². The Morgan fingerprint density at radius 3 is 2.80 bits per heavy atom. The number of amides is 2. The predicted molar refractivity (Wildman–Crippen MR) is 97.4 cm³/mol. The summed E-state index contributed by atoms with van der Waals surface area (Å²) in [6.07, 6.45) is 1.98. The van der Waals surface area contributed by atoms with Crippen LogP contribution in [0.2, 0.25) is 0 Å². The van der Waals surface area contributed by atoms with Crippen molar-refractivity contribution in [3.05, 3.63) is 35.6 Å². The van der Waals surface area contributed by atoms with E-state index in [1.807, 2.05) is 49.9 Å². The number of benzene rings is 1. The molecular formula is C20H26N2O3. The van der Waals surface area contributed by atoms with Crippen molar-refractivity contribution in [3.63, 3.8) is 0 Å². The summed E-state index contributed by atoms with van der Waals surface area (Å²) >= 11 is 0. The molecule has 3 rings (SSSR count). The number of aryl methyl sites for hydroxylation is 1. The van der Waals surface area contributed by atoms with Crippen LogP contribution in [0.5, 0.6) is 0 Å². The summed E-state index contributed by atoms with van der Waals surface area (Å²) < 4.78 is 5.82. The molecule has 0 aliphatic carbocycles. The molecule has 1 aromatic carbocycles. The number of carbonyl (C=O) groups excluding carboxylic acids is 2. The lowest BCUT2D eigenvalue weighted by Crippen LogP contribution is -2.44. The average molecular weight is 342 g/mol. The van der Waals surface area contributed by atoms with E-state index in [0.29, 0.717) is 24.8 Å². The van der Waals surface area contributed by atoms with Crippen molar-refractivity contribution in [3.8, 4) is 0 Å². The zero-order valence-electron chi connectivity index (χ0n) is 15.2. The molecule has 1 aliphatic rings. The SMILES string of the molecule is Cc1c(C(=O)N2CCC[C@@H](CNC(=O)C(C)C)C2)oc2ccccc12. The van der Waals surface area contributed by atoms with E-state index in [9.17, 15) is 9.59 Å². The van der Waals surface area contributed by atoms with Crippen molar-refractivity contribution in [2.75, 3.05) is 19.6 Å². The third-order valence-corrected chi connectivity index (χ3v) is 4.93.